The molecule has 1 saturated carbocycles. The molecule has 1 N–H and O–H groups in total. The fourth-order valence-electron chi connectivity index (χ4n) is 6.66. The molecular formula is C29H38N2O4. The van der Waals surface area contributed by atoms with Crippen LogP contribution >= 0.6 is 0 Å². The number of benzene rings is 1. The van der Waals surface area contributed by atoms with Gasteiger partial charge in [-0.1, -0.05) is 52.3 Å². The monoisotopic (exact) mass is 478 g/mol. The van der Waals surface area contributed by atoms with Crippen molar-refractivity contribution in [3.8, 4) is 0 Å². The molecule has 0 radical (unpaired) electrons. The molecule has 4 rings (SSSR count). The lowest BCUT2D eigenvalue weighted by Gasteiger charge is -2.54. The average molecular weight is 479 g/mol. The summed E-state index contributed by atoms with van der Waals surface area (Å²) in [6.45, 7) is 8.84. The zero-order valence-corrected chi connectivity index (χ0v) is 21.6. The average Bonchev–Trinajstić information content (AvgIpc) is 2.82. The Morgan fingerprint density at radius 2 is 2.00 bits per heavy atom. The highest BCUT2D eigenvalue weighted by Gasteiger charge is 2.55. The Balaban J connectivity index is 1.61. The summed E-state index contributed by atoms with van der Waals surface area (Å²) in [5.41, 5.74) is 4.16. The molecule has 1 aromatic carbocycles. The summed E-state index contributed by atoms with van der Waals surface area (Å²) >= 11 is 0. The maximum Gasteiger partial charge on any atom is 0.328 e. The van der Waals surface area contributed by atoms with Crippen molar-refractivity contribution in [2.24, 2.45) is 11.3 Å². The van der Waals surface area contributed by atoms with Gasteiger partial charge in [-0.25, -0.2) is 4.79 Å². The first kappa shape index (κ1) is 25.2. The third-order valence-electron chi connectivity index (χ3n) is 8.63. The van der Waals surface area contributed by atoms with E-state index in [9.17, 15) is 14.8 Å². The van der Waals surface area contributed by atoms with Gasteiger partial charge in [0, 0.05) is 18.1 Å². The van der Waals surface area contributed by atoms with Crippen LogP contribution in [0.5, 0.6) is 0 Å². The van der Waals surface area contributed by atoms with Crippen molar-refractivity contribution in [2.75, 3.05) is 7.11 Å². The van der Waals surface area contributed by atoms with E-state index in [-0.39, 0.29) is 23.7 Å². The van der Waals surface area contributed by atoms with Crippen molar-refractivity contribution in [3.63, 3.8) is 0 Å². The van der Waals surface area contributed by atoms with E-state index in [0.29, 0.717) is 16.2 Å². The molecule has 1 fully saturated rings. The van der Waals surface area contributed by atoms with E-state index in [1.165, 1.54) is 36.2 Å². The molecule has 1 amide bonds. The third kappa shape index (κ3) is 4.67. The van der Waals surface area contributed by atoms with Crippen LogP contribution in [0.4, 0.5) is 0 Å². The molecule has 6 heteroatoms. The van der Waals surface area contributed by atoms with Gasteiger partial charge in [0.15, 0.2) is 12.4 Å². The number of esters is 1. The second-order valence-electron chi connectivity index (χ2n) is 11.2. The zero-order valence-electron chi connectivity index (χ0n) is 21.6. The fraction of sp³-hybridized carbons (Fsp3) is 0.552. The molecule has 2 aliphatic rings. The Morgan fingerprint density at radius 3 is 2.69 bits per heavy atom. The molecule has 1 aromatic heterocycles. The van der Waals surface area contributed by atoms with Crippen LogP contribution in [-0.4, -0.2) is 25.0 Å². The first-order valence-electron chi connectivity index (χ1n) is 12.8. The molecular weight excluding hydrogens is 440 g/mol. The van der Waals surface area contributed by atoms with Gasteiger partial charge in [0.25, 0.3) is 0 Å². The van der Waals surface area contributed by atoms with Gasteiger partial charge < -0.3 is 15.3 Å². The highest BCUT2D eigenvalue weighted by Crippen LogP contribution is 2.57. The summed E-state index contributed by atoms with van der Waals surface area (Å²) in [4.78, 5) is 26.5. The van der Waals surface area contributed by atoms with Crippen LogP contribution in [0.2, 0.25) is 0 Å². The number of rotatable bonds is 6. The third-order valence-corrected chi connectivity index (χ3v) is 8.63. The minimum atomic E-state index is -0.843. The van der Waals surface area contributed by atoms with Crippen LogP contribution in [0.3, 0.4) is 0 Å². The van der Waals surface area contributed by atoms with Crippen molar-refractivity contribution in [1.29, 1.82) is 0 Å². The summed E-state index contributed by atoms with van der Waals surface area (Å²) in [5, 5.41) is 14.7. The number of methoxy groups -OCH3 is 1. The second kappa shape index (κ2) is 9.63. The first-order chi connectivity index (χ1) is 16.6. The number of amides is 1. The number of nitrogens with zero attached hydrogens (tertiary/aromatic N) is 1. The Hall–Kier alpha value is -2.89. The van der Waals surface area contributed by atoms with Gasteiger partial charge in [0.1, 0.15) is 6.04 Å². The number of carbonyl (C=O) groups excluding carboxylic acids is 2. The van der Waals surface area contributed by atoms with E-state index in [0.717, 1.165) is 32.1 Å². The molecule has 2 aliphatic carbocycles. The number of hydrogen-bond acceptors (Lipinski definition) is 4. The fourth-order valence-corrected chi connectivity index (χ4v) is 6.66. The van der Waals surface area contributed by atoms with Crippen LogP contribution in [0, 0.1) is 16.5 Å². The number of aryl methyl sites for hydroxylation is 1. The van der Waals surface area contributed by atoms with Gasteiger partial charge in [-0.2, -0.15) is 4.73 Å². The number of nitrogens with one attached hydrogen (secondary N) is 1. The lowest BCUT2D eigenvalue weighted by Crippen LogP contribution is -2.57. The number of ether oxygens (including phenoxy) is 1. The second-order valence-corrected chi connectivity index (χ2v) is 11.2. The quantitative estimate of drug-likeness (QED) is 0.380. The molecule has 0 aliphatic heterocycles. The van der Waals surface area contributed by atoms with E-state index in [4.69, 9.17) is 4.74 Å². The Morgan fingerprint density at radius 1 is 1.23 bits per heavy atom. The van der Waals surface area contributed by atoms with Gasteiger partial charge in [0.05, 0.1) is 12.5 Å². The first-order valence-corrected chi connectivity index (χ1v) is 12.8. The largest absolute Gasteiger partial charge is 0.619 e. The zero-order chi connectivity index (χ0) is 25.4. The molecule has 6 nitrogen and oxygen atoms in total. The molecule has 0 unspecified atom stereocenters. The Bertz CT molecular complexity index is 1110. The van der Waals surface area contributed by atoms with Crippen molar-refractivity contribution < 1.29 is 19.1 Å². The number of fused-ring (bicyclic) bond motifs is 3. The van der Waals surface area contributed by atoms with E-state index in [2.05, 4.69) is 51.2 Å². The SMILES string of the molecule is COC(=O)[C@@H](Cc1ccc[n+]([O-])c1)NC(=O)[C@]1(C)CCC[C@]2(C)c3ccc(C(C)C)cc3CC[C@@H]12. The van der Waals surface area contributed by atoms with Crippen molar-refractivity contribution in [3.05, 3.63) is 70.2 Å². The van der Waals surface area contributed by atoms with Gasteiger partial charge >= 0.3 is 5.97 Å². The summed E-state index contributed by atoms with van der Waals surface area (Å²) in [6, 6.07) is 9.48. The highest BCUT2D eigenvalue weighted by molar-refractivity contribution is 5.88. The van der Waals surface area contributed by atoms with Crippen LogP contribution in [0.25, 0.3) is 0 Å². The molecule has 2 aromatic rings. The summed E-state index contributed by atoms with van der Waals surface area (Å²) in [7, 11) is 1.32. The van der Waals surface area contributed by atoms with Crippen LogP contribution < -0.4 is 10.0 Å². The number of aromatic nitrogens is 1. The summed E-state index contributed by atoms with van der Waals surface area (Å²) in [5.74, 6) is 0.0678. The van der Waals surface area contributed by atoms with Gasteiger partial charge in [-0.15, -0.1) is 0 Å². The molecule has 1 heterocycles. The lowest BCUT2D eigenvalue weighted by atomic mass is 9.49. The number of hydrogen-bond donors (Lipinski definition) is 1. The highest BCUT2D eigenvalue weighted by atomic mass is 16.5. The Kier molecular flexibility index (Phi) is 6.94. The van der Waals surface area contributed by atoms with Crippen molar-refractivity contribution in [2.45, 2.75) is 83.6 Å². The van der Waals surface area contributed by atoms with E-state index < -0.39 is 17.4 Å². The van der Waals surface area contributed by atoms with E-state index in [1.807, 2.05) is 0 Å². The molecule has 0 saturated heterocycles. The summed E-state index contributed by atoms with van der Waals surface area (Å²) in [6.07, 6.45) is 7.75. The normalized spacial score (nSPS) is 26.4. The number of carbonyl (C=O) groups is 2. The van der Waals surface area contributed by atoms with Gasteiger partial charge in [-0.3, -0.25) is 4.79 Å². The van der Waals surface area contributed by atoms with Crippen LogP contribution in [0.15, 0.2) is 42.7 Å². The predicted octanol–water partition coefficient (Wildman–Crippen LogP) is 4.35. The standard InChI is InChI=1S/C29H38N2O4/c1-19(2)21-9-11-23-22(17-21)10-12-25-28(23,3)13-7-14-29(25,4)27(33)30-24(26(32)35-5)16-20-8-6-15-31(34)18-20/h6,8-9,11,15,17-19,24-25H,7,10,12-14,16H2,1-5H3,(H,30,33)/t24-,25-,28-,29-/m1/s1. The van der Waals surface area contributed by atoms with Gasteiger partial charge in [-0.05, 0) is 65.7 Å². The maximum atomic E-state index is 13.9. The minimum Gasteiger partial charge on any atom is -0.619 e. The lowest BCUT2D eigenvalue weighted by molar-refractivity contribution is -0.605. The van der Waals surface area contributed by atoms with Crippen LogP contribution in [0.1, 0.15) is 81.5 Å². The predicted molar refractivity (Wildman–Crippen MR) is 135 cm³/mol. The minimum absolute atomic E-state index is 0.0816. The number of pyridine rings is 1. The summed E-state index contributed by atoms with van der Waals surface area (Å²) < 4.78 is 5.70. The van der Waals surface area contributed by atoms with Crippen LogP contribution in [-0.2, 0) is 32.6 Å². The van der Waals surface area contributed by atoms with Crippen molar-refractivity contribution in [1.82, 2.24) is 5.32 Å². The topological polar surface area (TPSA) is 82.3 Å². The molecule has 35 heavy (non-hydrogen) atoms. The Labute approximate surface area is 208 Å². The molecule has 188 valence electrons. The molecule has 0 spiro atoms. The van der Waals surface area contributed by atoms with E-state index >= 15 is 0 Å². The van der Waals surface area contributed by atoms with Crippen molar-refractivity contribution >= 4 is 11.9 Å². The molecule has 0 bridgehead atoms. The molecule has 4 atom stereocenters. The van der Waals surface area contributed by atoms with Gasteiger partial charge in [0.2, 0.25) is 5.91 Å². The maximum absolute atomic E-state index is 13.9. The van der Waals surface area contributed by atoms with E-state index in [1.54, 1.807) is 12.1 Å². The smallest absolute Gasteiger partial charge is 0.328 e.